The van der Waals surface area contributed by atoms with Crippen molar-refractivity contribution in [3.63, 3.8) is 0 Å². The van der Waals surface area contributed by atoms with Gasteiger partial charge in [0.05, 0.1) is 18.7 Å². The number of carboxylic acids is 1. The van der Waals surface area contributed by atoms with Crippen LogP contribution in [-0.4, -0.2) is 30.3 Å². The van der Waals surface area contributed by atoms with Gasteiger partial charge in [0, 0.05) is 6.04 Å². The highest BCUT2D eigenvalue weighted by atomic mass is 16.5. The Kier molecular flexibility index (Phi) is 5.03. The molecule has 0 heterocycles. The second kappa shape index (κ2) is 6.97. The summed E-state index contributed by atoms with van der Waals surface area (Å²) in [6.07, 6.45) is 3.12. The number of hydrogen-bond acceptors (Lipinski definition) is 3. The molecular weight excluding hydrogens is 272 g/mol. The van der Waals surface area contributed by atoms with Gasteiger partial charge in [-0.3, -0.25) is 4.79 Å². The lowest BCUT2D eigenvalue weighted by Crippen LogP contribution is -2.46. The molecule has 0 spiro atoms. The molecule has 3 N–H and O–H groups in total. The number of carbonyl (C=O) groups is 2. The molecule has 1 aromatic rings. The summed E-state index contributed by atoms with van der Waals surface area (Å²) < 4.78 is 5.16. The van der Waals surface area contributed by atoms with Gasteiger partial charge in [0.25, 0.3) is 0 Å². The van der Waals surface area contributed by atoms with Crippen molar-refractivity contribution >= 4 is 17.7 Å². The molecule has 0 bridgehead atoms. The number of benzene rings is 1. The highest BCUT2D eigenvalue weighted by Crippen LogP contribution is 2.26. The van der Waals surface area contributed by atoms with Crippen molar-refractivity contribution in [3.8, 4) is 5.75 Å². The number of nitrogens with one attached hydrogen (secondary N) is 2. The van der Waals surface area contributed by atoms with E-state index >= 15 is 0 Å². The summed E-state index contributed by atoms with van der Waals surface area (Å²) in [4.78, 5) is 23.3. The number of anilines is 1. The van der Waals surface area contributed by atoms with Crippen LogP contribution in [0.25, 0.3) is 0 Å². The molecule has 1 aromatic carbocycles. The zero-order valence-corrected chi connectivity index (χ0v) is 12.0. The lowest BCUT2D eigenvalue weighted by Gasteiger charge is -2.29. The number of methoxy groups -OCH3 is 1. The Labute approximate surface area is 123 Å². The third-order valence-electron chi connectivity index (χ3n) is 3.75. The minimum atomic E-state index is -0.850. The number of ether oxygens (including phenoxy) is 1. The number of amides is 2. The minimum absolute atomic E-state index is 0.328. The molecule has 2 rings (SSSR count). The fraction of sp³-hybridized carbons (Fsp3) is 0.467. The molecule has 0 radical (unpaired) electrons. The number of urea groups is 1. The molecule has 2 unspecified atom stereocenters. The molecule has 0 aliphatic heterocycles. The number of rotatable bonds is 4. The molecule has 1 aliphatic rings. The molecule has 6 heteroatoms. The summed E-state index contributed by atoms with van der Waals surface area (Å²) >= 11 is 0. The van der Waals surface area contributed by atoms with Gasteiger partial charge in [-0.25, -0.2) is 4.79 Å². The van der Waals surface area contributed by atoms with Crippen molar-refractivity contribution in [2.45, 2.75) is 31.7 Å². The summed E-state index contributed by atoms with van der Waals surface area (Å²) in [6, 6.07) is 6.34. The quantitative estimate of drug-likeness (QED) is 0.795. The van der Waals surface area contributed by atoms with Crippen LogP contribution in [0.4, 0.5) is 10.5 Å². The molecule has 1 saturated carbocycles. The fourth-order valence-corrected chi connectivity index (χ4v) is 2.67. The summed E-state index contributed by atoms with van der Waals surface area (Å²) in [7, 11) is 1.53. The maximum atomic E-state index is 12.0. The van der Waals surface area contributed by atoms with Crippen LogP contribution in [0.1, 0.15) is 25.7 Å². The van der Waals surface area contributed by atoms with Crippen molar-refractivity contribution in [1.82, 2.24) is 5.32 Å². The summed E-state index contributed by atoms with van der Waals surface area (Å²) in [5.74, 6) is -0.800. The van der Waals surface area contributed by atoms with Gasteiger partial charge < -0.3 is 20.5 Å². The van der Waals surface area contributed by atoms with Gasteiger partial charge in [-0.05, 0) is 25.0 Å². The van der Waals surface area contributed by atoms with Crippen LogP contribution < -0.4 is 15.4 Å². The van der Waals surface area contributed by atoms with Crippen LogP contribution in [0.5, 0.6) is 5.75 Å². The minimum Gasteiger partial charge on any atom is -0.495 e. The van der Waals surface area contributed by atoms with E-state index in [9.17, 15) is 14.7 Å². The first-order chi connectivity index (χ1) is 10.1. The SMILES string of the molecule is COc1ccccc1NC(=O)NC1CCCCC1C(=O)O. The summed E-state index contributed by atoms with van der Waals surface area (Å²) in [6.45, 7) is 0. The zero-order chi connectivity index (χ0) is 15.2. The summed E-state index contributed by atoms with van der Waals surface area (Å²) in [5, 5.41) is 14.7. The van der Waals surface area contributed by atoms with E-state index in [-0.39, 0.29) is 6.04 Å². The first-order valence-corrected chi connectivity index (χ1v) is 7.05. The topological polar surface area (TPSA) is 87.7 Å². The van der Waals surface area contributed by atoms with E-state index in [0.29, 0.717) is 24.3 Å². The Morgan fingerprint density at radius 3 is 2.67 bits per heavy atom. The standard InChI is InChI=1S/C15H20N2O4/c1-21-13-9-5-4-8-12(13)17-15(20)16-11-7-3-2-6-10(11)14(18)19/h4-5,8-11H,2-3,6-7H2,1H3,(H,18,19)(H2,16,17,20). The Morgan fingerprint density at radius 2 is 1.95 bits per heavy atom. The lowest BCUT2D eigenvalue weighted by atomic mass is 9.84. The molecule has 2 amide bonds. The zero-order valence-electron chi connectivity index (χ0n) is 12.0. The molecule has 1 fully saturated rings. The van der Waals surface area contributed by atoms with Crippen LogP contribution in [0.15, 0.2) is 24.3 Å². The van der Waals surface area contributed by atoms with Gasteiger partial charge in [0.2, 0.25) is 0 Å². The van der Waals surface area contributed by atoms with Crippen molar-refractivity contribution < 1.29 is 19.4 Å². The largest absolute Gasteiger partial charge is 0.495 e. The van der Waals surface area contributed by atoms with E-state index in [1.54, 1.807) is 18.2 Å². The predicted molar refractivity (Wildman–Crippen MR) is 78.5 cm³/mol. The number of carboxylic acid groups (broad SMARTS) is 1. The van der Waals surface area contributed by atoms with Crippen LogP contribution >= 0.6 is 0 Å². The van der Waals surface area contributed by atoms with Crippen molar-refractivity contribution in [2.75, 3.05) is 12.4 Å². The van der Waals surface area contributed by atoms with E-state index in [1.165, 1.54) is 7.11 Å². The average molecular weight is 292 g/mol. The van der Waals surface area contributed by atoms with E-state index in [2.05, 4.69) is 10.6 Å². The van der Waals surface area contributed by atoms with Gasteiger partial charge in [0.1, 0.15) is 5.75 Å². The Bertz CT molecular complexity index is 518. The second-order valence-corrected chi connectivity index (χ2v) is 5.13. The molecule has 21 heavy (non-hydrogen) atoms. The molecule has 1 aliphatic carbocycles. The predicted octanol–water partition coefficient (Wildman–Crippen LogP) is 2.46. The molecule has 6 nitrogen and oxygen atoms in total. The molecule has 2 atom stereocenters. The smallest absolute Gasteiger partial charge is 0.319 e. The number of para-hydroxylation sites is 2. The van der Waals surface area contributed by atoms with E-state index in [0.717, 1.165) is 12.8 Å². The van der Waals surface area contributed by atoms with Crippen LogP contribution in [0.2, 0.25) is 0 Å². The van der Waals surface area contributed by atoms with Crippen molar-refractivity contribution in [2.24, 2.45) is 5.92 Å². The highest BCUT2D eigenvalue weighted by molar-refractivity contribution is 5.91. The fourth-order valence-electron chi connectivity index (χ4n) is 2.67. The van der Waals surface area contributed by atoms with Crippen molar-refractivity contribution in [3.05, 3.63) is 24.3 Å². The Hall–Kier alpha value is -2.24. The molecular formula is C15H20N2O4. The average Bonchev–Trinajstić information content (AvgIpc) is 2.48. The molecule has 114 valence electrons. The van der Waals surface area contributed by atoms with Gasteiger partial charge >= 0.3 is 12.0 Å². The monoisotopic (exact) mass is 292 g/mol. The lowest BCUT2D eigenvalue weighted by molar-refractivity contribution is -0.143. The van der Waals surface area contributed by atoms with Crippen molar-refractivity contribution in [1.29, 1.82) is 0 Å². The van der Waals surface area contributed by atoms with Gasteiger partial charge in [-0.2, -0.15) is 0 Å². The summed E-state index contributed by atoms with van der Waals surface area (Å²) in [5.41, 5.74) is 0.556. The normalized spacial score (nSPS) is 21.4. The first-order valence-electron chi connectivity index (χ1n) is 7.05. The maximum absolute atomic E-state index is 12.0. The first kappa shape index (κ1) is 15.2. The number of hydrogen-bond donors (Lipinski definition) is 3. The van der Waals surface area contributed by atoms with E-state index in [4.69, 9.17) is 4.74 Å². The maximum Gasteiger partial charge on any atom is 0.319 e. The van der Waals surface area contributed by atoms with Gasteiger partial charge in [-0.15, -0.1) is 0 Å². The van der Waals surface area contributed by atoms with Gasteiger partial charge in [-0.1, -0.05) is 25.0 Å². The Balaban J connectivity index is 1.99. The number of carbonyl (C=O) groups excluding carboxylic acids is 1. The van der Waals surface area contributed by atoms with Crippen LogP contribution in [0, 0.1) is 5.92 Å². The second-order valence-electron chi connectivity index (χ2n) is 5.13. The van der Waals surface area contributed by atoms with Gasteiger partial charge in [0.15, 0.2) is 0 Å². The third-order valence-corrected chi connectivity index (χ3v) is 3.75. The van der Waals surface area contributed by atoms with E-state index in [1.807, 2.05) is 6.07 Å². The molecule has 0 saturated heterocycles. The van der Waals surface area contributed by atoms with Crippen LogP contribution in [-0.2, 0) is 4.79 Å². The van der Waals surface area contributed by atoms with Crippen LogP contribution in [0.3, 0.4) is 0 Å². The van der Waals surface area contributed by atoms with E-state index < -0.39 is 17.9 Å². The Morgan fingerprint density at radius 1 is 1.24 bits per heavy atom. The molecule has 0 aromatic heterocycles. The third kappa shape index (κ3) is 3.87. The highest BCUT2D eigenvalue weighted by Gasteiger charge is 2.31. The number of aliphatic carboxylic acids is 1.